The van der Waals surface area contributed by atoms with E-state index in [0.29, 0.717) is 12.8 Å². The Morgan fingerprint density at radius 1 is 1.50 bits per heavy atom. The van der Waals surface area contributed by atoms with Crippen molar-refractivity contribution < 1.29 is 4.39 Å². The molecular formula is C9H16FNS. The summed E-state index contributed by atoms with van der Waals surface area (Å²) in [5.41, 5.74) is -1.10. The Kier molecular flexibility index (Phi) is 3.59. The van der Waals surface area contributed by atoms with Gasteiger partial charge in [-0.2, -0.15) is 12.6 Å². The second-order valence-corrected chi connectivity index (χ2v) is 3.75. The van der Waals surface area contributed by atoms with Crippen LogP contribution in [0.3, 0.4) is 0 Å². The molecule has 0 atom stereocenters. The second kappa shape index (κ2) is 4.28. The molecule has 1 aliphatic heterocycles. The van der Waals surface area contributed by atoms with Gasteiger partial charge in [-0.15, -0.1) is 0 Å². The zero-order chi connectivity index (χ0) is 9.03. The van der Waals surface area contributed by atoms with E-state index in [1.54, 1.807) is 0 Å². The minimum atomic E-state index is -1.10. The molecule has 0 aromatic heterocycles. The second-order valence-electron chi connectivity index (χ2n) is 3.30. The predicted molar refractivity (Wildman–Crippen MR) is 53.6 cm³/mol. The number of allylic oxidation sites excluding steroid dienone is 1. The van der Waals surface area contributed by atoms with Crippen LogP contribution in [0.1, 0.15) is 12.8 Å². The van der Waals surface area contributed by atoms with Crippen LogP contribution in [0.25, 0.3) is 0 Å². The number of rotatable bonds is 3. The molecule has 0 aliphatic carbocycles. The molecule has 70 valence electrons. The van der Waals surface area contributed by atoms with Crippen molar-refractivity contribution >= 4 is 12.6 Å². The van der Waals surface area contributed by atoms with Crippen LogP contribution in [0.15, 0.2) is 12.7 Å². The minimum absolute atomic E-state index is 0.588. The number of hydrogen-bond acceptors (Lipinski definition) is 2. The van der Waals surface area contributed by atoms with E-state index < -0.39 is 5.67 Å². The third-order valence-electron chi connectivity index (χ3n) is 2.47. The highest BCUT2D eigenvalue weighted by molar-refractivity contribution is 7.80. The van der Waals surface area contributed by atoms with E-state index >= 15 is 0 Å². The maximum atomic E-state index is 13.6. The van der Waals surface area contributed by atoms with Crippen LogP contribution in [-0.4, -0.2) is 36.0 Å². The van der Waals surface area contributed by atoms with Crippen LogP contribution in [0.5, 0.6) is 0 Å². The lowest BCUT2D eigenvalue weighted by molar-refractivity contribution is 0.102. The largest absolute Gasteiger partial charge is 0.302 e. The fourth-order valence-corrected chi connectivity index (χ4v) is 1.78. The van der Waals surface area contributed by atoms with E-state index in [1.165, 1.54) is 6.08 Å². The number of halogens is 1. The van der Waals surface area contributed by atoms with E-state index in [-0.39, 0.29) is 0 Å². The lowest BCUT2D eigenvalue weighted by atomic mass is 9.94. The summed E-state index contributed by atoms with van der Waals surface area (Å²) >= 11 is 4.14. The molecule has 0 spiro atoms. The van der Waals surface area contributed by atoms with Gasteiger partial charge in [0.15, 0.2) is 0 Å². The highest BCUT2D eigenvalue weighted by Crippen LogP contribution is 2.27. The van der Waals surface area contributed by atoms with E-state index in [1.807, 2.05) is 0 Å². The number of alkyl halides is 1. The van der Waals surface area contributed by atoms with Crippen molar-refractivity contribution in [1.82, 2.24) is 4.90 Å². The van der Waals surface area contributed by atoms with E-state index in [0.717, 1.165) is 25.4 Å². The predicted octanol–water partition coefficient (Wildman–Crippen LogP) is 1.91. The number of hydrogen-bond donors (Lipinski definition) is 1. The summed E-state index contributed by atoms with van der Waals surface area (Å²) in [6, 6.07) is 0. The molecule has 0 aromatic carbocycles. The molecule has 0 radical (unpaired) electrons. The van der Waals surface area contributed by atoms with Crippen LogP contribution in [-0.2, 0) is 0 Å². The van der Waals surface area contributed by atoms with Gasteiger partial charge in [-0.3, -0.25) is 0 Å². The molecule has 1 saturated heterocycles. The zero-order valence-electron chi connectivity index (χ0n) is 7.30. The van der Waals surface area contributed by atoms with Gasteiger partial charge in [-0.05, 0) is 12.8 Å². The average molecular weight is 189 g/mol. The van der Waals surface area contributed by atoms with Crippen molar-refractivity contribution in [3.05, 3.63) is 12.7 Å². The maximum Gasteiger partial charge on any atom is 0.131 e. The van der Waals surface area contributed by atoms with Crippen LogP contribution < -0.4 is 0 Å². The van der Waals surface area contributed by atoms with Gasteiger partial charge in [0, 0.05) is 25.4 Å². The van der Waals surface area contributed by atoms with Crippen LogP contribution in [0, 0.1) is 0 Å². The van der Waals surface area contributed by atoms with Gasteiger partial charge in [0.25, 0.3) is 0 Å². The molecule has 1 rings (SSSR count). The lowest BCUT2D eigenvalue weighted by Crippen LogP contribution is -2.41. The molecule has 0 saturated carbocycles. The van der Waals surface area contributed by atoms with Gasteiger partial charge in [0.2, 0.25) is 0 Å². The highest BCUT2D eigenvalue weighted by atomic mass is 32.1. The molecule has 1 heterocycles. The molecular weight excluding hydrogens is 173 g/mol. The van der Waals surface area contributed by atoms with Crippen LogP contribution >= 0.6 is 12.6 Å². The summed E-state index contributed by atoms with van der Waals surface area (Å²) in [4.78, 5) is 2.24. The summed E-state index contributed by atoms with van der Waals surface area (Å²) in [5, 5.41) is 0. The SMILES string of the molecule is C=CC1(F)CCN(CCS)CC1. The van der Waals surface area contributed by atoms with Crippen molar-refractivity contribution in [1.29, 1.82) is 0 Å². The number of piperidine rings is 1. The van der Waals surface area contributed by atoms with Gasteiger partial charge < -0.3 is 4.90 Å². The molecule has 0 amide bonds. The topological polar surface area (TPSA) is 3.24 Å². The van der Waals surface area contributed by atoms with E-state index in [2.05, 4.69) is 24.1 Å². The Labute approximate surface area is 79.0 Å². The smallest absolute Gasteiger partial charge is 0.131 e. The first-order chi connectivity index (χ1) is 5.70. The number of thiol groups is 1. The summed E-state index contributed by atoms with van der Waals surface area (Å²) in [6.07, 6.45) is 2.62. The summed E-state index contributed by atoms with van der Waals surface area (Å²) < 4.78 is 13.6. The van der Waals surface area contributed by atoms with Gasteiger partial charge >= 0.3 is 0 Å². The summed E-state index contributed by atoms with van der Waals surface area (Å²) in [7, 11) is 0. The Hall–Kier alpha value is -0.0200. The molecule has 12 heavy (non-hydrogen) atoms. The van der Waals surface area contributed by atoms with Crippen molar-refractivity contribution in [2.45, 2.75) is 18.5 Å². The molecule has 1 fully saturated rings. The number of nitrogens with zero attached hydrogens (tertiary/aromatic N) is 1. The molecule has 1 nitrogen and oxygen atoms in total. The quantitative estimate of drug-likeness (QED) is 0.524. The summed E-state index contributed by atoms with van der Waals surface area (Å²) in [5.74, 6) is 0.855. The molecule has 0 N–H and O–H groups in total. The van der Waals surface area contributed by atoms with Crippen LogP contribution in [0.4, 0.5) is 4.39 Å². The third kappa shape index (κ3) is 2.49. The Bertz CT molecular complexity index is 153. The zero-order valence-corrected chi connectivity index (χ0v) is 8.19. The molecule has 1 aliphatic rings. The summed E-state index contributed by atoms with van der Waals surface area (Å²) in [6.45, 7) is 6.16. The molecule has 3 heteroatoms. The highest BCUT2D eigenvalue weighted by Gasteiger charge is 2.30. The third-order valence-corrected chi connectivity index (χ3v) is 2.67. The first kappa shape index (κ1) is 10.1. The normalized spacial score (nSPS) is 23.8. The minimum Gasteiger partial charge on any atom is -0.302 e. The average Bonchev–Trinajstić information content (AvgIpc) is 2.10. The maximum absolute atomic E-state index is 13.6. The fraction of sp³-hybridized carbons (Fsp3) is 0.778. The monoisotopic (exact) mass is 189 g/mol. The van der Waals surface area contributed by atoms with Crippen molar-refractivity contribution in [3.63, 3.8) is 0 Å². The Balaban J connectivity index is 2.33. The Morgan fingerprint density at radius 3 is 2.50 bits per heavy atom. The van der Waals surface area contributed by atoms with Gasteiger partial charge in [0.1, 0.15) is 5.67 Å². The van der Waals surface area contributed by atoms with Gasteiger partial charge in [0.05, 0.1) is 0 Å². The van der Waals surface area contributed by atoms with Gasteiger partial charge in [-0.25, -0.2) is 4.39 Å². The molecule has 0 bridgehead atoms. The van der Waals surface area contributed by atoms with E-state index in [9.17, 15) is 4.39 Å². The van der Waals surface area contributed by atoms with Crippen LogP contribution in [0.2, 0.25) is 0 Å². The fourth-order valence-electron chi connectivity index (χ4n) is 1.49. The van der Waals surface area contributed by atoms with Crippen molar-refractivity contribution in [2.75, 3.05) is 25.4 Å². The van der Waals surface area contributed by atoms with Crippen molar-refractivity contribution in [3.8, 4) is 0 Å². The standard InChI is InChI=1S/C9H16FNS/c1-2-9(10)3-5-11(6-4-9)7-8-12/h2,12H,1,3-8H2. The first-order valence-electron chi connectivity index (χ1n) is 4.36. The Morgan fingerprint density at radius 2 is 2.08 bits per heavy atom. The first-order valence-corrected chi connectivity index (χ1v) is 4.99. The van der Waals surface area contributed by atoms with E-state index in [4.69, 9.17) is 0 Å². The van der Waals surface area contributed by atoms with Gasteiger partial charge in [-0.1, -0.05) is 12.7 Å². The number of likely N-dealkylation sites (tertiary alicyclic amines) is 1. The van der Waals surface area contributed by atoms with Crippen molar-refractivity contribution in [2.24, 2.45) is 0 Å². The molecule has 0 unspecified atom stereocenters. The lowest BCUT2D eigenvalue weighted by Gasteiger charge is -2.34. The molecule has 0 aromatic rings.